The lowest BCUT2D eigenvalue weighted by atomic mass is 10.0. The third-order valence-electron chi connectivity index (χ3n) is 5.02. The van der Waals surface area contributed by atoms with Gasteiger partial charge in [-0.3, -0.25) is 4.79 Å². The van der Waals surface area contributed by atoms with Gasteiger partial charge in [-0.25, -0.2) is 9.37 Å². The number of carbonyl (C=O) groups excluding carboxylic acids is 1. The van der Waals surface area contributed by atoms with Crippen LogP contribution in [0.2, 0.25) is 0 Å². The van der Waals surface area contributed by atoms with Crippen LogP contribution in [-0.2, 0) is 6.54 Å². The van der Waals surface area contributed by atoms with E-state index in [1.54, 1.807) is 18.5 Å². The summed E-state index contributed by atoms with van der Waals surface area (Å²) in [5, 5.41) is 3.04. The second-order valence-corrected chi connectivity index (χ2v) is 7.33. The molecule has 30 heavy (non-hydrogen) atoms. The molecular weight excluding hydrogens is 377 g/mol. The number of amides is 1. The number of hydrogen-bond donors (Lipinski definition) is 1. The van der Waals surface area contributed by atoms with Crippen molar-refractivity contribution in [2.24, 2.45) is 0 Å². The van der Waals surface area contributed by atoms with Crippen LogP contribution in [-0.4, -0.2) is 15.5 Å². The maximum Gasteiger partial charge on any atom is 0.257 e. The molecule has 0 fully saturated rings. The van der Waals surface area contributed by atoms with Gasteiger partial charge in [-0.1, -0.05) is 48.0 Å². The molecule has 4 nitrogen and oxygen atoms in total. The van der Waals surface area contributed by atoms with Crippen LogP contribution in [0.3, 0.4) is 0 Å². The highest BCUT2D eigenvalue weighted by Gasteiger charge is 2.18. The Morgan fingerprint density at radius 3 is 2.47 bits per heavy atom. The molecule has 0 radical (unpaired) electrons. The van der Waals surface area contributed by atoms with Crippen molar-refractivity contribution in [3.05, 3.63) is 107 Å². The molecule has 1 heterocycles. The number of anilines is 1. The lowest BCUT2D eigenvalue weighted by molar-refractivity contribution is 0.102. The molecule has 1 amide bonds. The number of nitrogens with one attached hydrogen (secondary N) is 1. The van der Waals surface area contributed by atoms with Gasteiger partial charge < -0.3 is 9.88 Å². The molecule has 1 aromatic heterocycles. The minimum absolute atomic E-state index is 0.200. The van der Waals surface area contributed by atoms with Gasteiger partial charge in [0.2, 0.25) is 0 Å². The van der Waals surface area contributed by atoms with Gasteiger partial charge in [0, 0.05) is 11.1 Å². The second kappa shape index (κ2) is 8.33. The van der Waals surface area contributed by atoms with Gasteiger partial charge in [0.1, 0.15) is 17.3 Å². The zero-order valence-corrected chi connectivity index (χ0v) is 16.9. The molecule has 3 aromatic carbocycles. The van der Waals surface area contributed by atoms with Crippen molar-refractivity contribution in [3.63, 3.8) is 0 Å². The summed E-state index contributed by atoms with van der Waals surface area (Å²) in [5.41, 5.74) is 4.96. The Balaban J connectivity index is 1.74. The van der Waals surface area contributed by atoms with E-state index in [4.69, 9.17) is 0 Å². The average molecular weight is 399 g/mol. The normalized spacial score (nSPS) is 10.8. The first-order chi connectivity index (χ1) is 14.5. The minimum Gasteiger partial charge on any atom is -0.312 e. The standard InChI is InChI=1S/C25H22FN3O/c1-17-8-9-18(2)22(14-17)25(30)28-24-23(20-10-12-21(26)13-11-20)27-16-29(24)15-19-6-4-3-5-7-19/h3-14,16H,15H2,1-2H3,(H,28,30). The fourth-order valence-corrected chi connectivity index (χ4v) is 3.39. The molecular formula is C25H22FN3O. The van der Waals surface area contributed by atoms with E-state index in [0.717, 1.165) is 22.3 Å². The SMILES string of the molecule is Cc1ccc(C)c(C(=O)Nc2c(-c3ccc(F)cc3)ncn2Cc2ccccc2)c1. The summed E-state index contributed by atoms with van der Waals surface area (Å²) in [6.07, 6.45) is 1.70. The number of hydrogen-bond acceptors (Lipinski definition) is 2. The summed E-state index contributed by atoms with van der Waals surface area (Å²) < 4.78 is 15.3. The molecule has 0 unspecified atom stereocenters. The van der Waals surface area contributed by atoms with Crippen LogP contribution >= 0.6 is 0 Å². The van der Waals surface area contributed by atoms with E-state index in [0.29, 0.717) is 23.6 Å². The van der Waals surface area contributed by atoms with E-state index in [2.05, 4.69) is 10.3 Å². The van der Waals surface area contributed by atoms with Crippen LogP contribution in [0.5, 0.6) is 0 Å². The van der Waals surface area contributed by atoms with Gasteiger partial charge in [0.15, 0.2) is 0 Å². The first-order valence-electron chi connectivity index (χ1n) is 9.75. The topological polar surface area (TPSA) is 46.9 Å². The Morgan fingerprint density at radius 2 is 1.73 bits per heavy atom. The van der Waals surface area contributed by atoms with E-state index >= 15 is 0 Å². The highest BCUT2D eigenvalue weighted by Crippen LogP contribution is 2.28. The van der Waals surface area contributed by atoms with E-state index in [-0.39, 0.29) is 11.7 Å². The molecule has 0 aliphatic rings. The summed E-state index contributed by atoms with van der Waals surface area (Å²) >= 11 is 0. The molecule has 0 saturated carbocycles. The fraction of sp³-hybridized carbons (Fsp3) is 0.120. The Labute approximate surface area is 175 Å². The highest BCUT2D eigenvalue weighted by molar-refractivity contribution is 6.06. The molecule has 0 bridgehead atoms. The molecule has 0 aliphatic heterocycles. The Morgan fingerprint density at radius 1 is 1.00 bits per heavy atom. The third-order valence-corrected chi connectivity index (χ3v) is 5.02. The Bertz CT molecular complexity index is 1180. The summed E-state index contributed by atoms with van der Waals surface area (Å²) in [6, 6.07) is 21.9. The zero-order chi connectivity index (χ0) is 21.1. The second-order valence-electron chi connectivity index (χ2n) is 7.33. The largest absolute Gasteiger partial charge is 0.312 e. The summed E-state index contributed by atoms with van der Waals surface area (Å²) in [4.78, 5) is 17.6. The predicted molar refractivity (Wildman–Crippen MR) is 117 cm³/mol. The van der Waals surface area contributed by atoms with Crippen LogP contribution < -0.4 is 5.32 Å². The molecule has 4 aromatic rings. The number of nitrogens with zero attached hydrogens (tertiary/aromatic N) is 2. The number of rotatable bonds is 5. The highest BCUT2D eigenvalue weighted by atomic mass is 19.1. The minimum atomic E-state index is -0.316. The Hall–Kier alpha value is -3.73. The van der Waals surface area contributed by atoms with Crippen molar-refractivity contribution >= 4 is 11.7 Å². The van der Waals surface area contributed by atoms with Gasteiger partial charge in [0.05, 0.1) is 12.9 Å². The number of halogens is 1. The van der Waals surface area contributed by atoms with Gasteiger partial charge in [0.25, 0.3) is 5.91 Å². The number of aromatic nitrogens is 2. The van der Waals surface area contributed by atoms with Gasteiger partial charge in [-0.2, -0.15) is 0 Å². The van der Waals surface area contributed by atoms with Gasteiger partial charge in [-0.15, -0.1) is 0 Å². The first-order valence-corrected chi connectivity index (χ1v) is 9.75. The quantitative estimate of drug-likeness (QED) is 0.474. The lowest BCUT2D eigenvalue weighted by Gasteiger charge is -2.13. The summed E-state index contributed by atoms with van der Waals surface area (Å²) in [6.45, 7) is 4.42. The number of imidazole rings is 1. The maximum atomic E-state index is 13.4. The number of carbonyl (C=O) groups is 1. The molecule has 0 aliphatic carbocycles. The lowest BCUT2D eigenvalue weighted by Crippen LogP contribution is -2.17. The number of benzene rings is 3. The smallest absolute Gasteiger partial charge is 0.257 e. The average Bonchev–Trinajstić information content (AvgIpc) is 3.13. The molecule has 0 saturated heterocycles. The van der Waals surface area contributed by atoms with E-state index in [1.165, 1.54) is 12.1 Å². The summed E-state index contributed by atoms with van der Waals surface area (Å²) in [5.74, 6) is 0.0641. The number of aryl methyl sites for hydroxylation is 2. The molecule has 4 rings (SSSR count). The first kappa shape index (κ1) is 19.6. The molecule has 0 spiro atoms. The van der Waals surface area contributed by atoms with Crippen molar-refractivity contribution in [1.29, 1.82) is 0 Å². The third kappa shape index (κ3) is 4.15. The Kier molecular flexibility index (Phi) is 5.44. The van der Waals surface area contributed by atoms with Crippen LogP contribution in [0.15, 0.2) is 79.1 Å². The molecule has 5 heteroatoms. The monoisotopic (exact) mass is 399 g/mol. The van der Waals surface area contributed by atoms with Crippen molar-refractivity contribution in [2.75, 3.05) is 5.32 Å². The van der Waals surface area contributed by atoms with Gasteiger partial charge >= 0.3 is 0 Å². The van der Waals surface area contributed by atoms with Crippen LogP contribution in [0.25, 0.3) is 11.3 Å². The van der Waals surface area contributed by atoms with E-state index < -0.39 is 0 Å². The molecule has 150 valence electrons. The summed E-state index contributed by atoms with van der Waals surface area (Å²) in [7, 11) is 0. The van der Waals surface area contributed by atoms with E-state index in [9.17, 15) is 9.18 Å². The van der Waals surface area contributed by atoms with Gasteiger partial charge in [-0.05, 0) is 55.3 Å². The van der Waals surface area contributed by atoms with Crippen LogP contribution in [0.4, 0.5) is 10.2 Å². The van der Waals surface area contributed by atoms with Crippen molar-refractivity contribution in [3.8, 4) is 11.3 Å². The molecule has 0 atom stereocenters. The zero-order valence-electron chi connectivity index (χ0n) is 16.9. The molecule has 1 N–H and O–H groups in total. The van der Waals surface area contributed by atoms with Crippen LogP contribution in [0, 0.1) is 19.7 Å². The van der Waals surface area contributed by atoms with Crippen molar-refractivity contribution in [2.45, 2.75) is 20.4 Å². The fourth-order valence-electron chi connectivity index (χ4n) is 3.39. The van der Waals surface area contributed by atoms with Crippen LogP contribution in [0.1, 0.15) is 27.0 Å². The van der Waals surface area contributed by atoms with Crippen molar-refractivity contribution in [1.82, 2.24) is 9.55 Å². The maximum absolute atomic E-state index is 13.4. The van der Waals surface area contributed by atoms with E-state index in [1.807, 2.05) is 66.9 Å². The van der Waals surface area contributed by atoms with Crippen molar-refractivity contribution < 1.29 is 9.18 Å². The predicted octanol–water partition coefficient (Wildman–Crippen LogP) is 5.61.